The first-order valence-corrected chi connectivity index (χ1v) is 12.1. The van der Waals surface area contributed by atoms with E-state index in [9.17, 15) is 14.4 Å². The lowest BCUT2D eigenvalue weighted by atomic mass is 10.1. The van der Waals surface area contributed by atoms with Gasteiger partial charge in [0, 0.05) is 21.4 Å². The number of nitrogens with zero attached hydrogens (tertiary/aromatic N) is 1. The molecule has 0 saturated heterocycles. The van der Waals surface area contributed by atoms with Gasteiger partial charge < -0.3 is 15.4 Å². The van der Waals surface area contributed by atoms with Crippen LogP contribution in [0.5, 0.6) is 5.75 Å². The Hall–Kier alpha value is -3.98. The third-order valence-corrected chi connectivity index (χ3v) is 5.84. The molecule has 0 spiro atoms. The number of hydrazone groups is 1. The molecule has 0 aliphatic carbocycles. The van der Waals surface area contributed by atoms with E-state index in [1.54, 1.807) is 30.3 Å². The zero-order chi connectivity index (χ0) is 26.1. The molecule has 3 aromatic carbocycles. The maximum atomic E-state index is 12.4. The second-order valence-corrected chi connectivity index (χ2v) is 8.90. The maximum absolute atomic E-state index is 12.4. The molecule has 0 atom stereocenters. The number of anilines is 2. The summed E-state index contributed by atoms with van der Waals surface area (Å²) in [5, 5.41) is 9.26. The molecule has 3 N–H and O–H groups in total. The molecular weight excluding hydrogens is 524 g/mol. The molecular formula is C27H27BrN4O4. The van der Waals surface area contributed by atoms with Crippen molar-refractivity contribution in [1.82, 2.24) is 5.43 Å². The van der Waals surface area contributed by atoms with E-state index in [0.29, 0.717) is 29.1 Å². The van der Waals surface area contributed by atoms with Crippen LogP contribution in [0.2, 0.25) is 0 Å². The summed E-state index contributed by atoms with van der Waals surface area (Å²) < 4.78 is 6.42. The summed E-state index contributed by atoms with van der Waals surface area (Å²) in [7, 11) is 0. The van der Waals surface area contributed by atoms with E-state index in [0.717, 1.165) is 21.2 Å². The van der Waals surface area contributed by atoms with Crippen LogP contribution in [0, 0.1) is 13.8 Å². The van der Waals surface area contributed by atoms with E-state index in [4.69, 9.17) is 4.74 Å². The van der Waals surface area contributed by atoms with E-state index in [2.05, 4.69) is 37.1 Å². The fourth-order valence-corrected chi connectivity index (χ4v) is 3.63. The van der Waals surface area contributed by atoms with E-state index < -0.39 is 11.8 Å². The average Bonchev–Trinajstić information content (AvgIpc) is 2.86. The van der Waals surface area contributed by atoms with Gasteiger partial charge in [0.15, 0.2) is 6.61 Å². The third kappa shape index (κ3) is 7.51. The van der Waals surface area contributed by atoms with Gasteiger partial charge in [-0.25, -0.2) is 5.43 Å². The Morgan fingerprint density at radius 3 is 2.47 bits per heavy atom. The summed E-state index contributed by atoms with van der Waals surface area (Å²) in [6.07, 6.45) is 2.05. The molecule has 0 aliphatic heterocycles. The fraction of sp³-hybridized carbons (Fsp3) is 0.185. The van der Waals surface area contributed by atoms with Crippen molar-refractivity contribution in [3.63, 3.8) is 0 Å². The number of carbonyl (C=O) groups excluding carboxylic acids is 3. The molecule has 8 nitrogen and oxygen atoms in total. The third-order valence-electron chi connectivity index (χ3n) is 5.34. The second kappa shape index (κ2) is 12.6. The molecule has 0 aliphatic rings. The average molecular weight is 551 g/mol. The van der Waals surface area contributed by atoms with Crippen LogP contribution in [0.15, 0.2) is 70.2 Å². The molecule has 186 valence electrons. The van der Waals surface area contributed by atoms with E-state index in [1.807, 2.05) is 51.1 Å². The monoisotopic (exact) mass is 550 g/mol. The van der Waals surface area contributed by atoms with Crippen molar-refractivity contribution in [3.05, 3.63) is 87.4 Å². The van der Waals surface area contributed by atoms with Crippen molar-refractivity contribution < 1.29 is 19.1 Å². The largest absolute Gasteiger partial charge is 0.483 e. The van der Waals surface area contributed by atoms with E-state index in [1.165, 1.54) is 6.21 Å². The zero-order valence-corrected chi connectivity index (χ0v) is 21.8. The lowest BCUT2D eigenvalue weighted by Crippen LogP contribution is -2.32. The highest BCUT2D eigenvalue weighted by molar-refractivity contribution is 9.10. The Labute approximate surface area is 218 Å². The number of amides is 3. The summed E-state index contributed by atoms with van der Waals surface area (Å²) in [5.74, 6) is -1.68. The molecule has 36 heavy (non-hydrogen) atoms. The molecule has 0 fully saturated rings. The van der Waals surface area contributed by atoms with Crippen LogP contribution in [-0.4, -0.2) is 30.5 Å². The Bertz CT molecular complexity index is 1310. The highest BCUT2D eigenvalue weighted by Gasteiger charge is 2.14. The first-order chi connectivity index (χ1) is 17.3. The molecule has 0 aromatic heterocycles. The molecule has 0 heterocycles. The number of ether oxygens (including phenoxy) is 1. The SMILES string of the molecule is CCc1ccccc1NC(=O)C(=O)N/N=C\c1cc(Br)ccc1OCC(=O)Nc1ccc(C)c(C)c1. The number of hydrogen-bond donors (Lipinski definition) is 3. The summed E-state index contributed by atoms with van der Waals surface area (Å²) in [5.41, 5.74) is 7.10. The number of rotatable bonds is 8. The molecule has 0 saturated carbocycles. The van der Waals surface area contributed by atoms with Gasteiger partial charge in [0.2, 0.25) is 0 Å². The molecule has 3 amide bonds. The highest BCUT2D eigenvalue weighted by Crippen LogP contribution is 2.22. The number of hydrogen-bond acceptors (Lipinski definition) is 5. The van der Waals surface area contributed by atoms with E-state index in [-0.39, 0.29) is 12.5 Å². The minimum absolute atomic E-state index is 0.221. The predicted octanol–water partition coefficient (Wildman–Crippen LogP) is 4.73. The van der Waals surface area contributed by atoms with Gasteiger partial charge >= 0.3 is 11.8 Å². The van der Waals surface area contributed by atoms with Crippen molar-refractivity contribution in [2.24, 2.45) is 5.10 Å². The van der Waals surface area contributed by atoms with Crippen LogP contribution >= 0.6 is 15.9 Å². The number of aryl methyl sites for hydroxylation is 3. The standard InChI is InChI=1S/C27H27BrN4O4/c1-4-19-7-5-6-8-23(19)31-26(34)27(35)32-29-15-20-14-21(28)10-12-24(20)36-16-25(33)30-22-11-9-17(2)18(3)13-22/h5-15H,4,16H2,1-3H3,(H,30,33)(H,31,34)(H,32,35)/b29-15-. The van der Waals surface area contributed by atoms with Gasteiger partial charge in [-0.2, -0.15) is 5.10 Å². The first-order valence-electron chi connectivity index (χ1n) is 11.3. The van der Waals surface area contributed by atoms with Crippen LogP contribution < -0.4 is 20.8 Å². The lowest BCUT2D eigenvalue weighted by Gasteiger charge is -2.11. The quantitative estimate of drug-likeness (QED) is 0.214. The van der Waals surface area contributed by atoms with Crippen molar-refractivity contribution >= 4 is 51.2 Å². The van der Waals surface area contributed by atoms with Crippen LogP contribution in [0.25, 0.3) is 0 Å². The summed E-state index contributed by atoms with van der Waals surface area (Å²) in [4.78, 5) is 36.8. The molecule has 0 unspecified atom stereocenters. The lowest BCUT2D eigenvalue weighted by molar-refractivity contribution is -0.136. The topological polar surface area (TPSA) is 109 Å². The molecule has 9 heteroatoms. The Morgan fingerprint density at radius 2 is 1.72 bits per heavy atom. The predicted molar refractivity (Wildman–Crippen MR) is 144 cm³/mol. The van der Waals surface area contributed by atoms with Gasteiger partial charge in [-0.1, -0.05) is 47.1 Å². The normalized spacial score (nSPS) is 10.7. The number of nitrogens with one attached hydrogen (secondary N) is 3. The van der Waals surface area contributed by atoms with E-state index >= 15 is 0 Å². The summed E-state index contributed by atoms with van der Waals surface area (Å²) >= 11 is 3.38. The van der Waals surface area contributed by atoms with Gasteiger partial charge in [-0.05, 0) is 73.4 Å². The molecule has 0 bridgehead atoms. The van der Waals surface area contributed by atoms with Gasteiger partial charge in [0.05, 0.1) is 6.21 Å². The van der Waals surface area contributed by atoms with Crippen LogP contribution in [0.3, 0.4) is 0 Å². The van der Waals surface area contributed by atoms with Crippen LogP contribution in [0.1, 0.15) is 29.2 Å². The highest BCUT2D eigenvalue weighted by atomic mass is 79.9. The molecule has 0 radical (unpaired) electrons. The van der Waals surface area contributed by atoms with Crippen molar-refractivity contribution in [2.45, 2.75) is 27.2 Å². The Kier molecular flexibility index (Phi) is 9.35. The van der Waals surface area contributed by atoms with Gasteiger partial charge in [0.1, 0.15) is 5.75 Å². The minimum atomic E-state index is -0.914. The zero-order valence-electron chi connectivity index (χ0n) is 20.2. The van der Waals surface area contributed by atoms with Crippen molar-refractivity contribution in [3.8, 4) is 5.75 Å². The number of benzene rings is 3. The number of para-hydroxylation sites is 1. The molecule has 3 aromatic rings. The van der Waals surface area contributed by atoms with Gasteiger partial charge in [-0.15, -0.1) is 0 Å². The summed E-state index contributed by atoms with van der Waals surface area (Å²) in [6.45, 7) is 5.71. The Balaban J connectivity index is 1.59. The summed E-state index contributed by atoms with van der Waals surface area (Å²) in [6, 6.07) is 18.1. The second-order valence-electron chi connectivity index (χ2n) is 7.98. The molecule has 3 rings (SSSR count). The van der Waals surface area contributed by atoms with Crippen LogP contribution in [0.4, 0.5) is 11.4 Å². The first kappa shape index (κ1) is 26.6. The smallest absolute Gasteiger partial charge is 0.329 e. The van der Waals surface area contributed by atoms with Gasteiger partial charge in [0.25, 0.3) is 5.91 Å². The number of halogens is 1. The van der Waals surface area contributed by atoms with Crippen molar-refractivity contribution in [1.29, 1.82) is 0 Å². The minimum Gasteiger partial charge on any atom is -0.483 e. The maximum Gasteiger partial charge on any atom is 0.329 e. The van der Waals surface area contributed by atoms with Gasteiger partial charge in [-0.3, -0.25) is 14.4 Å². The van der Waals surface area contributed by atoms with Crippen LogP contribution in [-0.2, 0) is 20.8 Å². The van der Waals surface area contributed by atoms with Crippen molar-refractivity contribution in [2.75, 3.05) is 17.2 Å². The Morgan fingerprint density at radius 1 is 0.944 bits per heavy atom. The number of carbonyl (C=O) groups is 3. The fourth-order valence-electron chi connectivity index (χ4n) is 3.25.